The van der Waals surface area contributed by atoms with E-state index in [2.05, 4.69) is 10.6 Å². The Bertz CT molecular complexity index is 1030. The molecule has 0 saturated heterocycles. The number of benzene rings is 1. The highest BCUT2D eigenvalue weighted by Crippen LogP contribution is 2.11. The van der Waals surface area contributed by atoms with Gasteiger partial charge in [-0.1, -0.05) is 38.1 Å². The number of primary amides is 1. The van der Waals surface area contributed by atoms with Gasteiger partial charge in [0.05, 0.1) is 78.0 Å². The van der Waals surface area contributed by atoms with Crippen LogP contribution in [-0.4, -0.2) is 108 Å². The summed E-state index contributed by atoms with van der Waals surface area (Å²) >= 11 is 0. The van der Waals surface area contributed by atoms with E-state index in [4.69, 9.17) is 29.4 Å². The third-order valence-electron chi connectivity index (χ3n) is 6.76. The van der Waals surface area contributed by atoms with E-state index < -0.39 is 29.8 Å². The van der Waals surface area contributed by atoms with Crippen LogP contribution in [0, 0.1) is 5.92 Å². The zero-order valence-corrected chi connectivity index (χ0v) is 27.1. The van der Waals surface area contributed by atoms with Crippen molar-refractivity contribution in [2.75, 3.05) is 66.6 Å². The van der Waals surface area contributed by atoms with Gasteiger partial charge in [0, 0.05) is 32.3 Å². The van der Waals surface area contributed by atoms with Gasteiger partial charge in [0.2, 0.25) is 17.7 Å². The van der Waals surface area contributed by atoms with Crippen LogP contribution in [-0.2, 0) is 60.5 Å². The molecule has 0 spiro atoms. The molecule has 0 radical (unpaired) electrons. The maximum Gasteiger partial charge on any atom is 0.223 e. The number of hydrogen-bond donors (Lipinski definition) is 3. The lowest BCUT2D eigenvalue weighted by Crippen LogP contribution is -2.47. The number of Topliss-reactive ketones (excluding diaryl/α,β-unsaturated/α-hetero) is 2. The summed E-state index contributed by atoms with van der Waals surface area (Å²) in [5.41, 5.74) is 7.20. The summed E-state index contributed by atoms with van der Waals surface area (Å²) in [5, 5.41) is 5.18. The minimum atomic E-state index is -1.11. The summed E-state index contributed by atoms with van der Waals surface area (Å²) in [7, 11) is 1.61. The highest BCUT2D eigenvalue weighted by Gasteiger charge is 2.27. The van der Waals surface area contributed by atoms with Gasteiger partial charge in [0.1, 0.15) is 0 Å². The lowest BCUT2D eigenvalue weighted by atomic mass is 9.97. The van der Waals surface area contributed by atoms with Crippen molar-refractivity contribution in [2.45, 2.75) is 65.0 Å². The second kappa shape index (κ2) is 24.1. The predicted molar refractivity (Wildman–Crippen MR) is 166 cm³/mol. The van der Waals surface area contributed by atoms with Gasteiger partial charge in [0.15, 0.2) is 11.6 Å². The minimum absolute atomic E-state index is 0.0246. The highest BCUT2D eigenvalue weighted by atomic mass is 16.6. The van der Waals surface area contributed by atoms with Gasteiger partial charge in [0.25, 0.3) is 0 Å². The van der Waals surface area contributed by atoms with Crippen molar-refractivity contribution in [3.8, 4) is 0 Å². The first kappa shape index (κ1) is 39.8. The molecule has 13 heteroatoms. The lowest BCUT2D eigenvalue weighted by molar-refractivity contribution is -0.133. The normalized spacial score (nSPS) is 13.1. The van der Waals surface area contributed by atoms with Crippen molar-refractivity contribution in [1.29, 1.82) is 0 Å². The Balaban J connectivity index is 2.30. The van der Waals surface area contributed by atoms with Crippen LogP contribution in [0.1, 0.15) is 51.2 Å². The molecule has 1 aromatic carbocycles. The number of ether oxygens (including phenoxy) is 5. The summed E-state index contributed by atoms with van der Waals surface area (Å²) < 4.78 is 26.3. The molecule has 0 saturated carbocycles. The monoisotopic (exact) mass is 637 g/mol. The zero-order chi connectivity index (χ0) is 33.5. The van der Waals surface area contributed by atoms with Crippen molar-refractivity contribution >= 4 is 29.3 Å². The van der Waals surface area contributed by atoms with Crippen molar-refractivity contribution in [3.63, 3.8) is 0 Å². The molecule has 4 N–H and O–H groups in total. The number of hydrogen-bond acceptors (Lipinski definition) is 10. The Kier molecular flexibility index (Phi) is 21.3. The summed E-state index contributed by atoms with van der Waals surface area (Å²) in [4.78, 5) is 62.2. The number of rotatable bonds is 27. The zero-order valence-electron chi connectivity index (χ0n) is 27.1. The van der Waals surface area contributed by atoms with Crippen LogP contribution in [0.4, 0.5) is 0 Å². The fourth-order valence-corrected chi connectivity index (χ4v) is 4.01. The number of methoxy groups -OCH3 is 1. The van der Waals surface area contributed by atoms with E-state index in [1.54, 1.807) is 7.11 Å². The second-order valence-electron chi connectivity index (χ2n) is 10.6. The molecular formula is C32H51N3O10. The van der Waals surface area contributed by atoms with Crippen molar-refractivity contribution in [3.05, 3.63) is 35.4 Å². The van der Waals surface area contributed by atoms with Gasteiger partial charge in [-0.2, -0.15) is 0 Å². The molecule has 0 fully saturated rings. The van der Waals surface area contributed by atoms with Crippen LogP contribution in [0.25, 0.3) is 0 Å². The van der Waals surface area contributed by atoms with Gasteiger partial charge >= 0.3 is 0 Å². The van der Waals surface area contributed by atoms with Gasteiger partial charge in [-0.3, -0.25) is 24.0 Å². The van der Waals surface area contributed by atoms with Gasteiger partial charge in [-0.15, -0.1) is 0 Å². The molecule has 0 aliphatic heterocycles. The van der Waals surface area contributed by atoms with Gasteiger partial charge in [-0.25, -0.2) is 0 Å². The lowest BCUT2D eigenvalue weighted by Gasteiger charge is -2.20. The van der Waals surface area contributed by atoms with E-state index in [1.807, 2.05) is 31.2 Å². The highest BCUT2D eigenvalue weighted by molar-refractivity contribution is 5.96. The largest absolute Gasteiger partial charge is 0.382 e. The standard InChI is InChI=1S/C32H51N3O10/c1-5-25-6-8-26(9-7-25)21-29(37)27(22-30(33)38)35-32(40)23(2)20-28(36)24(3)34-31(39)10-11-42-14-15-44-18-19-45-17-16-43-13-12-41-4/h6-9,23-24,27H,5,10-22H2,1-4H3,(H2,33,38)(H,34,39)(H,35,40)/t23-,24+,27+/m1/s1. The molecule has 1 aromatic rings. The smallest absolute Gasteiger partial charge is 0.223 e. The van der Waals surface area contributed by atoms with E-state index in [1.165, 1.54) is 13.8 Å². The molecule has 254 valence electrons. The van der Waals surface area contributed by atoms with Crippen LogP contribution in [0.3, 0.4) is 0 Å². The Hall–Kier alpha value is -3.23. The maximum atomic E-state index is 12.9. The molecule has 3 amide bonds. The predicted octanol–water partition coefficient (Wildman–Crippen LogP) is 0.924. The molecule has 0 heterocycles. The number of aryl methyl sites for hydroxylation is 1. The molecule has 0 bridgehead atoms. The summed E-state index contributed by atoms with van der Waals surface area (Å²) in [6.45, 7) is 8.79. The number of carbonyl (C=O) groups excluding carboxylic acids is 5. The maximum absolute atomic E-state index is 12.9. The molecule has 0 aliphatic rings. The molecule has 13 nitrogen and oxygen atoms in total. The van der Waals surface area contributed by atoms with Gasteiger partial charge in [-0.05, 0) is 24.5 Å². The molecule has 0 aromatic heterocycles. The first-order chi connectivity index (χ1) is 21.6. The van der Waals surface area contributed by atoms with Crippen LogP contribution in [0.5, 0.6) is 0 Å². The summed E-state index contributed by atoms with van der Waals surface area (Å²) in [6, 6.07) is 5.58. The molecule has 45 heavy (non-hydrogen) atoms. The third-order valence-corrected chi connectivity index (χ3v) is 6.76. The molecule has 1 rings (SSSR count). The first-order valence-electron chi connectivity index (χ1n) is 15.4. The quantitative estimate of drug-likeness (QED) is 0.117. The molecular weight excluding hydrogens is 586 g/mol. The Morgan fingerprint density at radius 2 is 1.22 bits per heavy atom. The topological polar surface area (TPSA) is 182 Å². The number of nitrogens with two attached hydrogens (primary N) is 1. The summed E-state index contributed by atoms with van der Waals surface area (Å²) in [6.07, 6.45) is 0.430. The SMILES string of the molecule is CCc1ccc(CC(=O)[C@H](CC(N)=O)NC(=O)[C@H](C)CC(=O)[C@H](C)NC(=O)CCOCCOCCOCCOCCOC)cc1. The van der Waals surface area contributed by atoms with Crippen molar-refractivity contribution < 1.29 is 47.7 Å². The number of ketones is 2. The van der Waals surface area contributed by atoms with Crippen molar-refractivity contribution in [2.24, 2.45) is 11.7 Å². The molecule has 0 aliphatic carbocycles. The van der Waals surface area contributed by atoms with E-state index in [9.17, 15) is 24.0 Å². The molecule has 0 unspecified atom stereocenters. The fraction of sp³-hybridized carbons (Fsp3) is 0.656. The number of carbonyl (C=O) groups is 5. The van der Waals surface area contributed by atoms with Crippen LogP contribution in [0.15, 0.2) is 24.3 Å². The van der Waals surface area contributed by atoms with Gasteiger partial charge < -0.3 is 40.1 Å². The van der Waals surface area contributed by atoms with Crippen LogP contribution in [0.2, 0.25) is 0 Å². The van der Waals surface area contributed by atoms with E-state index >= 15 is 0 Å². The number of nitrogens with one attached hydrogen (secondary N) is 2. The number of amides is 3. The van der Waals surface area contributed by atoms with E-state index in [0.29, 0.717) is 52.9 Å². The Morgan fingerprint density at radius 1 is 0.711 bits per heavy atom. The molecule has 3 atom stereocenters. The van der Waals surface area contributed by atoms with Crippen LogP contribution >= 0.6 is 0 Å². The van der Waals surface area contributed by atoms with E-state index in [-0.39, 0.29) is 49.8 Å². The average Bonchev–Trinajstić information content (AvgIpc) is 3.00. The Labute approximate surface area is 266 Å². The third kappa shape index (κ3) is 19.0. The van der Waals surface area contributed by atoms with E-state index in [0.717, 1.165) is 17.5 Å². The second-order valence-corrected chi connectivity index (χ2v) is 10.6. The average molecular weight is 638 g/mol. The minimum Gasteiger partial charge on any atom is -0.382 e. The fourth-order valence-electron chi connectivity index (χ4n) is 4.01. The first-order valence-corrected chi connectivity index (χ1v) is 15.4. The summed E-state index contributed by atoms with van der Waals surface area (Å²) in [5.74, 6) is -3.16. The van der Waals surface area contributed by atoms with Crippen LogP contribution < -0.4 is 16.4 Å². The Morgan fingerprint density at radius 3 is 1.73 bits per heavy atom. The van der Waals surface area contributed by atoms with Crippen molar-refractivity contribution in [1.82, 2.24) is 10.6 Å².